The van der Waals surface area contributed by atoms with Crippen LogP contribution in [-0.4, -0.2) is 49.1 Å². The highest BCUT2D eigenvalue weighted by atomic mass is 32.2. The quantitative estimate of drug-likeness (QED) is 0.871. The topological polar surface area (TPSA) is 92.5 Å². The summed E-state index contributed by atoms with van der Waals surface area (Å²) >= 11 is 0. The van der Waals surface area contributed by atoms with Crippen LogP contribution < -0.4 is 4.72 Å². The third-order valence-corrected chi connectivity index (χ3v) is 4.80. The van der Waals surface area contributed by atoms with E-state index in [1.807, 2.05) is 12.1 Å². The summed E-state index contributed by atoms with van der Waals surface area (Å²) in [6.45, 7) is 0.470. The molecular formula is C16H19N3O4S. The Morgan fingerprint density at radius 1 is 1.42 bits per heavy atom. The van der Waals surface area contributed by atoms with Crippen LogP contribution in [0.25, 0.3) is 0 Å². The molecule has 1 amide bonds. The molecule has 24 heavy (non-hydrogen) atoms. The summed E-state index contributed by atoms with van der Waals surface area (Å²) in [4.78, 5) is 18.4. The van der Waals surface area contributed by atoms with Gasteiger partial charge in [0.1, 0.15) is 0 Å². The fourth-order valence-corrected chi connectivity index (χ4v) is 3.90. The van der Waals surface area contributed by atoms with Crippen molar-refractivity contribution in [3.63, 3.8) is 0 Å². The van der Waals surface area contributed by atoms with Crippen molar-refractivity contribution in [2.75, 3.05) is 12.8 Å². The Hall–Kier alpha value is -2.19. The lowest BCUT2D eigenvalue weighted by atomic mass is 10.0. The molecule has 2 aromatic rings. The molecule has 128 valence electrons. The molecule has 3 heterocycles. The number of pyridine rings is 1. The van der Waals surface area contributed by atoms with Crippen LogP contribution in [0.3, 0.4) is 0 Å². The smallest absolute Gasteiger partial charge is 0.289 e. The first-order chi connectivity index (χ1) is 11.4. The van der Waals surface area contributed by atoms with Crippen LogP contribution in [0.5, 0.6) is 0 Å². The molecule has 1 aliphatic heterocycles. The van der Waals surface area contributed by atoms with Gasteiger partial charge >= 0.3 is 0 Å². The van der Waals surface area contributed by atoms with Gasteiger partial charge in [0.25, 0.3) is 5.91 Å². The lowest BCUT2D eigenvalue weighted by Gasteiger charge is -2.28. The van der Waals surface area contributed by atoms with Crippen molar-refractivity contribution < 1.29 is 17.6 Å². The zero-order valence-electron chi connectivity index (χ0n) is 13.3. The van der Waals surface area contributed by atoms with Crippen molar-refractivity contribution in [1.82, 2.24) is 14.6 Å². The van der Waals surface area contributed by atoms with Crippen molar-refractivity contribution in [2.24, 2.45) is 0 Å². The van der Waals surface area contributed by atoms with E-state index in [2.05, 4.69) is 9.71 Å². The van der Waals surface area contributed by atoms with Crippen LogP contribution >= 0.6 is 0 Å². The van der Waals surface area contributed by atoms with E-state index in [9.17, 15) is 13.2 Å². The van der Waals surface area contributed by atoms with Gasteiger partial charge in [0.15, 0.2) is 5.76 Å². The monoisotopic (exact) mass is 349 g/mol. The van der Waals surface area contributed by atoms with Crippen molar-refractivity contribution >= 4 is 15.9 Å². The van der Waals surface area contributed by atoms with E-state index in [0.717, 1.165) is 11.8 Å². The fourth-order valence-electron chi connectivity index (χ4n) is 3.07. The number of rotatable bonds is 5. The third kappa shape index (κ3) is 3.82. The summed E-state index contributed by atoms with van der Waals surface area (Å²) in [5.41, 5.74) is 0.946. The second-order valence-corrected chi connectivity index (χ2v) is 7.67. The van der Waals surface area contributed by atoms with E-state index < -0.39 is 10.0 Å². The van der Waals surface area contributed by atoms with Crippen LogP contribution in [0.15, 0.2) is 47.3 Å². The summed E-state index contributed by atoms with van der Waals surface area (Å²) in [5, 5.41) is 0. The van der Waals surface area contributed by atoms with Crippen LogP contribution in [0.2, 0.25) is 0 Å². The second kappa shape index (κ2) is 6.74. The molecule has 8 heteroatoms. The highest BCUT2D eigenvalue weighted by molar-refractivity contribution is 7.88. The molecule has 0 aromatic carbocycles. The molecule has 7 nitrogen and oxygen atoms in total. The van der Waals surface area contributed by atoms with Gasteiger partial charge in [-0.05, 0) is 36.6 Å². The largest absolute Gasteiger partial charge is 0.459 e. The van der Waals surface area contributed by atoms with Crippen molar-refractivity contribution in [3.8, 4) is 0 Å². The number of carbonyl (C=O) groups excluding carboxylic acids is 1. The van der Waals surface area contributed by atoms with Crippen LogP contribution in [0, 0.1) is 0 Å². The molecule has 1 saturated heterocycles. The third-order valence-electron chi connectivity index (χ3n) is 4.07. The average Bonchev–Trinajstić information content (AvgIpc) is 3.17. The van der Waals surface area contributed by atoms with Gasteiger partial charge < -0.3 is 9.32 Å². The van der Waals surface area contributed by atoms with E-state index in [-0.39, 0.29) is 23.8 Å². The van der Waals surface area contributed by atoms with Gasteiger partial charge in [-0.2, -0.15) is 0 Å². The SMILES string of the molecule is CS(=O)(=O)N[C@@H]1CCN(C(=O)c2ccco2)[C@H]1Cc1cccnc1. The minimum absolute atomic E-state index is 0.230. The number of likely N-dealkylation sites (tertiary alicyclic amines) is 1. The van der Waals surface area contributed by atoms with Crippen LogP contribution in [-0.2, 0) is 16.4 Å². The number of sulfonamides is 1. The molecule has 0 aliphatic carbocycles. The zero-order valence-corrected chi connectivity index (χ0v) is 14.1. The Morgan fingerprint density at radius 3 is 2.88 bits per heavy atom. The first-order valence-corrected chi connectivity index (χ1v) is 9.54. The normalized spacial score (nSPS) is 21.1. The molecule has 3 rings (SSSR count). The molecule has 0 unspecified atom stereocenters. The summed E-state index contributed by atoms with van der Waals surface area (Å²) in [5.74, 6) is 0.0258. The first kappa shape index (κ1) is 16.7. The number of amides is 1. The maximum absolute atomic E-state index is 12.7. The van der Waals surface area contributed by atoms with Gasteiger partial charge in [0.05, 0.1) is 18.6 Å². The minimum Gasteiger partial charge on any atom is -0.459 e. The van der Waals surface area contributed by atoms with Gasteiger partial charge in [-0.15, -0.1) is 0 Å². The molecule has 1 fully saturated rings. The summed E-state index contributed by atoms with van der Waals surface area (Å²) in [6.07, 6.45) is 7.07. The number of aromatic nitrogens is 1. The van der Waals surface area contributed by atoms with Crippen LogP contribution in [0.1, 0.15) is 22.5 Å². The Bertz CT molecular complexity index is 790. The van der Waals surface area contributed by atoms with Crippen molar-refractivity contribution in [2.45, 2.75) is 24.9 Å². The average molecular weight is 349 g/mol. The lowest BCUT2D eigenvalue weighted by molar-refractivity contribution is 0.0696. The first-order valence-electron chi connectivity index (χ1n) is 7.65. The van der Waals surface area contributed by atoms with Gasteiger partial charge in [0.2, 0.25) is 10.0 Å². The molecule has 0 spiro atoms. The maximum atomic E-state index is 12.7. The highest BCUT2D eigenvalue weighted by Gasteiger charge is 2.39. The number of furan rings is 1. The van der Waals surface area contributed by atoms with E-state index in [4.69, 9.17) is 4.42 Å². The van der Waals surface area contributed by atoms with E-state index in [0.29, 0.717) is 19.4 Å². The summed E-state index contributed by atoms with van der Waals surface area (Å²) < 4.78 is 31.1. The van der Waals surface area contributed by atoms with E-state index in [1.165, 1.54) is 6.26 Å². The van der Waals surface area contributed by atoms with Gasteiger partial charge in [0, 0.05) is 25.0 Å². The summed E-state index contributed by atoms with van der Waals surface area (Å²) in [6, 6.07) is 6.38. The van der Waals surface area contributed by atoms with Gasteiger partial charge in [-0.3, -0.25) is 9.78 Å². The number of nitrogens with one attached hydrogen (secondary N) is 1. The molecule has 0 radical (unpaired) electrons. The van der Waals surface area contributed by atoms with Gasteiger partial charge in [-0.25, -0.2) is 13.1 Å². The Kier molecular flexibility index (Phi) is 4.68. The molecule has 0 bridgehead atoms. The predicted molar refractivity (Wildman–Crippen MR) is 87.9 cm³/mol. The fraction of sp³-hybridized carbons (Fsp3) is 0.375. The lowest BCUT2D eigenvalue weighted by Crippen LogP contribution is -2.47. The van der Waals surface area contributed by atoms with Crippen LogP contribution in [0.4, 0.5) is 0 Å². The summed E-state index contributed by atoms with van der Waals surface area (Å²) in [7, 11) is -3.36. The van der Waals surface area contributed by atoms with E-state index >= 15 is 0 Å². The van der Waals surface area contributed by atoms with Crippen molar-refractivity contribution in [1.29, 1.82) is 0 Å². The molecule has 2 aromatic heterocycles. The Labute approximate surface area is 140 Å². The molecule has 1 N–H and O–H groups in total. The number of hydrogen-bond donors (Lipinski definition) is 1. The Morgan fingerprint density at radius 2 is 2.25 bits per heavy atom. The van der Waals surface area contributed by atoms with E-state index in [1.54, 1.807) is 29.4 Å². The number of carbonyl (C=O) groups is 1. The standard InChI is InChI=1S/C16H19N3O4S/c1-24(21,22)18-13-6-8-19(16(20)15-5-3-9-23-15)14(13)10-12-4-2-7-17-11-12/h2-5,7,9,11,13-14,18H,6,8,10H2,1H3/t13-,14+/m1/s1. The van der Waals surface area contributed by atoms with Gasteiger partial charge in [-0.1, -0.05) is 6.07 Å². The molecule has 2 atom stereocenters. The second-order valence-electron chi connectivity index (χ2n) is 5.89. The zero-order chi connectivity index (χ0) is 17.2. The number of nitrogens with zero attached hydrogens (tertiary/aromatic N) is 2. The minimum atomic E-state index is -3.36. The highest BCUT2D eigenvalue weighted by Crippen LogP contribution is 2.24. The maximum Gasteiger partial charge on any atom is 0.289 e. The Balaban J connectivity index is 1.85. The molecular weight excluding hydrogens is 330 g/mol. The van der Waals surface area contributed by atoms with Crippen molar-refractivity contribution in [3.05, 3.63) is 54.2 Å². The predicted octanol–water partition coefficient (Wildman–Crippen LogP) is 1.05. The number of hydrogen-bond acceptors (Lipinski definition) is 5. The molecule has 0 saturated carbocycles. The molecule has 1 aliphatic rings.